The number of ether oxygens (including phenoxy) is 1. The number of rotatable bonds is 3. The van der Waals surface area contributed by atoms with Crippen LogP contribution in [-0.4, -0.2) is 54.1 Å². The number of hydrogen-bond acceptors (Lipinski definition) is 3. The molecule has 0 atom stereocenters. The van der Waals surface area contributed by atoms with Crippen molar-refractivity contribution in [2.45, 2.75) is 76.3 Å². The van der Waals surface area contributed by atoms with Gasteiger partial charge in [-0.2, -0.15) is 0 Å². The van der Waals surface area contributed by atoms with Crippen LogP contribution in [-0.2, 0) is 4.74 Å². The van der Waals surface area contributed by atoms with Gasteiger partial charge in [-0.25, -0.2) is 5.01 Å². The fraction of sp³-hybridized carbons (Fsp3) is 0.941. The minimum absolute atomic E-state index is 0.519. The predicted octanol–water partition coefficient (Wildman–Crippen LogP) is 3.09. The fourth-order valence-electron chi connectivity index (χ4n) is 3.82. The number of hydrazone groups is 1. The molecule has 3 fully saturated rings. The van der Waals surface area contributed by atoms with Crippen molar-refractivity contribution in [2.75, 3.05) is 26.3 Å². The lowest BCUT2D eigenvalue weighted by Gasteiger charge is -2.32. The monoisotopic (exact) mass is 292 g/mol. The molecule has 1 aliphatic heterocycles. The van der Waals surface area contributed by atoms with Gasteiger partial charge in [0.2, 0.25) is 0 Å². The summed E-state index contributed by atoms with van der Waals surface area (Å²) in [6.45, 7) is 3.66. The van der Waals surface area contributed by atoms with Crippen LogP contribution < -0.4 is 0 Å². The van der Waals surface area contributed by atoms with Gasteiger partial charge >= 0.3 is 6.01 Å². The first-order chi connectivity index (χ1) is 10.4. The molecule has 4 heteroatoms. The van der Waals surface area contributed by atoms with Gasteiger partial charge in [0.1, 0.15) is 6.04 Å². The van der Waals surface area contributed by atoms with E-state index in [0.29, 0.717) is 12.1 Å². The van der Waals surface area contributed by atoms with Crippen molar-refractivity contribution in [2.24, 2.45) is 4.99 Å². The molecule has 1 saturated heterocycles. The van der Waals surface area contributed by atoms with Gasteiger partial charge in [0, 0.05) is 0 Å². The molecule has 118 valence electrons. The molecule has 2 saturated carbocycles. The zero-order chi connectivity index (χ0) is 14.3. The van der Waals surface area contributed by atoms with Crippen molar-refractivity contribution in [3.8, 4) is 0 Å². The summed E-state index contributed by atoms with van der Waals surface area (Å²) < 4.78 is 7.86. The largest absolute Gasteiger partial charge is 0.377 e. The summed E-state index contributed by atoms with van der Waals surface area (Å²) in [7, 11) is 0. The van der Waals surface area contributed by atoms with Crippen LogP contribution in [0.25, 0.3) is 0 Å². The molecular weight excluding hydrogens is 262 g/mol. The summed E-state index contributed by atoms with van der Waals surface area (Å²) in [5, 5.41) is 2.42. The highest BCUT2D eigenvalue weighted by Crippen LogP contribution is 2.22. The Morgan fingerprint density at radius 3 is 2.14 bits per heavy atom. The van der Waals surface area contributed by atoms with Crippen molar-refractivity contribution in [3.05, 3.63) is 0 Å². The second-order valence-electron chi connectivity index (χ2n) is 6.72. The van der Waals surface area contributed by atoms with Gasteiger partial charge in [0.25, 0.3) is 0 Å². The van der Waals surface area contributed by atoms with Crippen LogP contribution in [0.15, 0.2) is 4.99 Å². The first-order valence-electron chi connectivity index (χ1n) is 9.01. The van der Waals surface area contributed by atoms with Gasteiger partial charge in [0.15, 0.2) is 6.04 Å². The third kappa shape index (κ3) is 4.31. The molecule has 3 rings (SSSR count). The normalized spacial score (nSPS) is 25.4. The Hall–Kier alpha value is -0.860. The van der Waals surface area contributed by atoms with E-state index >= 15 is 0 Å². The first-order valence-corrected chi connectivity index (χ1v) is 9.01. The minimum atomic E-state index is 0.519. The molecule has 4 nitrogen and oxygen atoms in total. The summed E-state index contributed by atoms with van der Waals surface area (Å²) in [5.74, 6) is 0. The van der Waals surface area contributed by atoms with E-state index in [1.807, 2.05) is 0 Å². The Morgan fingerprint density at radius 2 is 1.48 bits per heavy atom. The Bertz CT molecular complexity index is 351. The van der Waals surface area contributed by atoms with Crippen LogP contribution in [0.2, 0.25) is 0 Å². The highest BCUT2D eigenvalue weighted by molar-refractivity contribution is 5.34. The third-order valence-electron chi connectivity index (χ3n) is 5.13. The van der Waals surface area contributed by atoms with Gasteiger partial charge in [0.05, 0.1) is 26.3 Å². The molecule has 0 spiro atoms. The number of morpholine rings is 1. The molecule has 3 aliphatic rings. The summed E-state index contributed by atoms with van der Waals surface area (Å²) >= 11 is 0. The molecule has 0 bridgehead atoms. The maximum absolute atomic E-state index is 5.50. The van der Waals surface area contributed by atoms with Crippen LogP contribution in [0.3, 0.4) is 0 Å². The number of hydrogen-bond donors (Lipinski definition) is 0. The van der Waals surface area contributed by atoms with Crippen LogP contribution in [0, 0.1) is 0 Å². The Labute approximate surface area is 128 Å². The van der Waals surface area contributed by atoms with Crippen molar-refractivity contribution in [3.63, 3.8) is 0 Å². The summed E-state index contributed by atoms with van der Waals surface area (Å²) in [5.41, 5.74) is 0. The molecule has 21 heavy (non-hydrogen) atoms. The molecule has 0 radical (unpaired) electrons. The summed E-state index contributed by atoms with van der Waals surface area (Å²) in [6.07, 6.45) is 13.3. The molecule has 1 heterocycles. The van der Waals surface area contributed by atoms with Gasteiger partial charge in [-0.1, -0.05) is 12.8 Å². The van der Waals surface area contributed by atoms with Crippen molar-refractivity contribution < 1.29 is 9.42 Å². The third-order valence-corrected chi connectivity index (χ3v) is 5.13. The maximum atomic E-state index is 5.50. The SMILES string of the molecule is C(=NC1CCCCC1)=[N+](C1CCCCC1)N1CCOCC1. The molecular formula is C17H30N3O+. The van der Waals surface area contributed by atoms with E-state index in [1.54, 1.807) is 0 Å². The predicted molar refractivity (Wildman–Crippen MR) is 83.8 cm³/mol. The van der Waals surface area contributed by atoms with E-state index in [0.717, 1.165) is 26.3 Å². The van der Waals surface area contributed by atoms with E-state index in [1.165, 1.54) is 64.2 Å². The van der Waals surface area contributed by atoms with Crippen molar-refractivity contribution in [1.82, 2.24) is 5.01 Å². The highest BCUT2D eigenvalue weighted by atomic mass is 16.5. The van der Waals surface area contributed by atoms with E-state index in [9.17, 15) is 0 Å². The number of nitrogens with zero attached hydrogens (tertiary/aromatic N) is 3. The van der Waals surface area contributed by atoms with E-state index in [-0.39, 0.29) is 0 Å². The lowest BCUT2D eigenvalue weighted by molar-refractivity contribution is -0.719. The molecule has 0 aromatic rings. The van der Waals surface area contributed by atoms with Crippen LogP contribution in [0.5, 0.6) is 0 Å². The number of aliphatic imine (C=N–C) groups is 1. The van der Waals surface area contributed by atoms with Gasteiger partial charge < -0.3 is 4.74 Å². The topological polar surface area (TPSA) is 27.8 Å². The average Bonchev–Trinajstić information content (AvgIpc) is 2.58. The summed E-state index contributed by atoms with van der Waals surface area (Å²) in [4.78, 5) is 4.83. The average molecular weight is 292 g/mol. The van der Waals surface area contributed by atoms with Crippen LogP contribution >= 0.6 is 0 Å². The zero-order valence-corrected chi connectivity index (χ0v) is 13.3. The molecule has 0 unspecified atom stereocenters. The van der Waals surface area contributed by atoms with Gasteiger partial charge in [-0.3, -0.25) is 0 Å². The van der Waals surface area contributed by atoms with Crippen LogP contribution in [0.4, 0.5) is 0 Å². The van der Waals surface area contributed by atoms with E-state index in [4.69, 9.17) is 9.73 Å². The molecule has 0 amide bonds. The fourth-order valence-corrected chi connectivity index (χ4v) is 3.82. The Kier molecular flexibility index (Phi) is 5.70. The molecule has 0 aromatic heterocycles. The quantitative estimate of drug-likeness (QED) is 0.590. The van der Waals surface area contributed by atoms with Crippen molar-refractivity contribution >= 4 is 6.01 Å². The lowest BCUT2D eigenvalue weighted by atomic mass is 9.95. The highest BCUT2D eigenvalue weighted by Gasteiger charge is 2.27. The molecule has 2 aliphatic carbocycles. The lowest BCUT2D eigenvalue weighted by Crippen LogP contribution is -2.48. The smallest absolute Gasteiger partial charge is 0.332 e. The number of hydrazine groups is 1. The second kappa shape index (κ2) is 7.95. The standard InChI is InChI=1S/C17H30N3O/c1-3-7-16(8-4-1)18-15-20(17-9-5-2-6-10-17)19-11-13-21-14-12-19/h16-17H,1-14H2/q+1. The zero-order valence-electron chi connectivity index (χ0n) is 13.3. The Morgan fingerprint density at radius 1 is 0.857 bits per heavy atom. The Balaban J connectivity index is 1.74. The van der Waals surface area contributed by atoms with E-state index in [2.05, 4.69) is 15.7 Å². The van der Waals surface area contributed by atoms with E-state index < -0.39 is 0 Å². The summed E-state index contributed by atoms with van der Waals surface area (Å²) in [6, 6.07) is 4.59. The molecule has 0 N–H and O–H groups in total. The molecule has 0 aromatic carbocycles. The minimum Gasteiger partial charge on any atom is -0.377 e. The van der Waals surface area contributed by atoms with Gasteiger partial charge in [-0.05, 0) is 56.4 Å². The van der Waals surface area contributed by atoms with Gasteiger partial charge in [-0.15, -0.1) is 4.68 Å². The van der Waals surface area contributed by atoms with Crippen LogP contribution in [0.1, 0.15) is 64.2 Å². The second-order valence-corrected chi connectivity index (χ2v) is 6.72. The van der Waals surface area contributed by atoms with Crippen molar-refractivity contribution in [1.29, 1.82) is 0 Å². The maximum Gasteiger partial charge on any atom is 0.332 e. The first kappa shape index (κ1) is 15.1.